The van der Waals surface area contributed by atoms with Gasteiger partial charge in [-0.1, -0.05) is 0 Å². The lowest BCUT2D eigenvalue weighted by Crippen LogP contribution is -2.21. The molecule has 0 spiro atoms. The fourth-order valence-corrected chi connectivity index (χ4v) is 2.67. The lowest BCUT2D eigenvalue weighted by Gasteiger charge is -2.19. The number of benzene rings is 2. The van der Waals surface area contributed by atoms with E-state index < -0.39 is 17.4 Å². The first-order valence-corrected chi connectivity index (χ1v) is 8.17. The highest BCUT2D eigenvalue weighted by atomic mass is 19.1. The minimum atomic E-state index is -0.677. The summed E-state index contributed by atoms with van der Waals surface area (Å²) in [7, 11) is 0. The standard InChI is InChI=1S/C19H14FN3O4/c20-12-3-1-11(2-4-12)14-10-15(23-19(25)22-14)18(24)21-13-5-6-16-17(9-13)27-8-7-26-16/h1-6,9-10H,7-8H2,(H,21,24)(H,22,23,25). The second-order valence-electron chi connectivity index (χ2n) is 5.80. The minimum absolute atomic E-state index is 0.0317. The van der Waals surface area contributed by atoms with Gasteiger partial charge in [0, 0.05) is 17.3 Å². The summed E-state index contributed by atoms with van der Waals surface area (Å²) in [6.07, 6.45) is 0. The third-order valence-electron chi connectivity index (χ3n) is 3.93. The van der Waals surface area contributed by atoms with E-state index in [1.54, 1.807) is 18.2 Å². The molecule has 0 radical (unpaired) electrons. The van der Waals surface area contributed by atoms with Crippen LogP contribution in [-0.4, -0.2) is 29.1 Å². The molecule has 136 valence electrons. The van der Waals surface area contributed by atoms with Gasteiger partial charge in [0.25, 0.3) is 5.91 Å². The summed E-state index contributed by atoms with van der Waals surface area (Å²) in [5.41, 5.74) is 0.639. The molecular formula is C19H14FN3O4. The first-order chi connectivity index (χ1) is 13.1. The van der Waals surface area contributed by atoms with E-state index in [0.29, 0.717) is 36.0 Å². The van der Waals surface area contributed by atoms with Gasteiger partial charge in [0.05, 0.1) is 5.69 Å². The van der Waals surface area contributed by atoms with Gasteiger partial charge in [-0.3, -0.25) is 4.79 Å². The number of aromatic nitrogens is 2. The molecule has 0 saturated heterocycles. The number of fused-ring (bicyclic) bond motifs is 1. The average Bonchev–Trinajstić information content (AvgIpc) is 2.68. The highest BCUT2D eigenvalue weighted by molar-refractivity contribution is 6.03. The molecule has 0 aliphatic carbocycles. The maximum Gasteiger partial charge on any atom is 0.346 e. The number of anilines is 1. The van der Waals surface area contributed by atoms with E-state index in [2.05, 4.69) is 15.3 Å². The summed E-state index contributed by atoms with van der Waals surface area (Å²) >= 11 is 0. The van der Waals surface area contributed by atoms with Crippen molar-refractivity contribution >= 4 is 11.6 Å². The van der Waals surface area contributed by atoms with Gasteiger partial charge >= 0.3 is 5.69 Å². The predicted molar refractivity (Wildman–Crippen MR) is 95.6 cm³/mol. The van der Waals surface area contributed by atoms with Crippen LogP contribution in [0.25, 0.3) is 11.3 Å². The summed E-state index contributed by atoms with van der Waals surface area (Å²) in [6.45, 7) is 0.909. The third kappa shape index (κ3) is 3.64. The molecule has 0 bridgehead atoms. The summed E-state index contributed by atoms with van der Waals surface area (Å²) in [6, 6.07) is 11.9. The molecule has 4 rings (SSSR count). The van der Waals surface area contributed by atoms with Crippen molar-refractivity contribution in [3.8, 4) is 22.8 Å². The molecule has 2 heterocycles. The number of aromatic amines is 1. The van der Waals surface area contributed by atoms with Gasteiger partial charge < -0.3 is 19.8 Å². The molecule has 27 heavy (non-hydrogen) atoms. The van der Waals surface area contributed by atoms with E-state index in [-0.39, 0.29) is 11.4 Å². The Morgan fingerprint density at radius 3 is 2.56 bits per heavy atom. The van der Waals surface area contributed by atoms with Crippen molar-refractivity contribution in [2.24, 2.45) is 0 Å². The van der Waals surface area contributed by atoms with Crippen molar-refractivity contribution in [2.45, 2.75) is 0 Å². The maximum atomic E-state index is 13.1. The average molecular weight is 367 g/mol. The normalized spacial score (nSPS) is 12.5. The number of amides is 1. The van der Waals surface area contributed by atoms with Crippen LogP contribution in [0.1, 0.15) is 10.5 Å². The number of carbonyl (C=O) groups excluding carboxylic acids is 1. The second kappa shape index (κ2) is 6.91. The van der Waals surface area contributed by atoms with Crippen molar-refractivity contribution < 1.29 is 18.7 Å². The number of rotatable bonds is 3. The Kier molecular flexibility index (Phi) is 4.29. The van der Waals surface area contributed by atoms with Crippen LogP contribution < -0.4 is 20.5 Å². The minimum Gasteiger partial charge on any atom is -0.486 e. The van der Waals surface area contributed by atoms with E-state index in [9.17, 15) is 14.0 Å². The van der Waals surface area contributed by atoms with Gasteiger partial charge in [-0.25, -0.2) is 9.18 Å². The Labute approximate surface area is 152 Å². The molecule has 1 amide bonds. The topological polar surface area (TPSA) is 93.3 Å². The number of hydrogen-bond acceptors (Lipinski definition) is 5. The second-order valence-corrected chi connectivity index (χ2v) is 5.80. The van der Waals surface area contributed by atoms with E-state index in [4.69, 9.17) is 9.47 Å². The zero-order chi connectivity index (χ0) is 18.8. The number of H-pyrrole nitrogens is 1. The van der Waals surface area contributed by atoms with Crippen LogP contribution in [0.5, 0.6) is 11.5 Å². The van der Waals surface area contributed by atoms with Crippen LogP contribution in [-0.2, 0) is 0 Å². The fraction of sp³-hybridized carbons (Fsp3) is 0.105. The molecule has 8 heteroatoms. The van der Waals surface area contributed by atoms with E-state index in [1.165, 1.54) is 30.3 Å². The Morgan fingerprint density at radius 1 is 1.04 bits per heavy atom. The largest absolute Gasteiger partial charge is 0.486 e. The summed E-state index contributed by atoms with van der Waals surface area (Å²) < 4.78 is 24.0. The van der Waals surface area contributed by atoms with Gasteiger partial charge in [0.1, 0.15) is 24.7 Å². The first kappa shape index (κ1) is 16.8. The van der Waals surface area contributed by atoms with Gasteiger partial charge in [0.2, 0.25) is 0 Å². The highest BCUT2D eigenvalue weighted by Gasteiger charge is 2.15. The molecule has 1 aliphatic rings. The molecule has 7 nitrogen and oxygen atoms in total. The molecule has 3 aromatic rings. The zero-order valence-corrected chi connectivity index (χ0v) is 14.0. The van der Waals surface area contributed by atoms with Crippen LogP contribution in [0, 0.1) is 5.82 Å². The van der Waals surface area contributed by atoms with Crippen molar-refractivity contribution in [3.63, 3.8) is 0 Å². The SMILES string of the molecule is O=C(Nc1ccc2c(c1)OCCO2)c1cc(-c2ccc(F)cc2)nc(=O)[nH]1. The molecule has 1 aliphatic heterocycles. The summed E-state index contributed by atoms with van der Waals surface area (Å²) in [5.74, 6) is 0.221. The molecule has 0 fully saturated rings. The lowest BCUT2D eigenvalue weighted by atomic mass is 10.1. The molecule has 0 unspecified atom stereocenters. The monoisotopic (exact) mass is 367 g/mol. The van der Waals surface area contributed by atoms with Gasteiger partial charge in [-0.2, -0.15) is 4.98 Å². The van der Waals surface area contributed by atoms with E-state index in [0.717, 1.165) is 0 Å². The molecule has 0 saturated carbocycles. The Balaban J connectivity index is 1.60. The van der Waals surface area contributed by atoms with Crippen molar-refractivity contribution in [1.29, 1.82) is 0 Å². The molecule has 2 N–H and O–H groups in total. The Morgan fingerprint density at radius 2 is 1.78 bits per heavy atom. The van der Waals surface area contributed by atoms with E-state index in [1.807, 2.05) is 0 Å². The quantitative estimate of drug-likeness (QED) is 0.742. The van der Waals surface area contributed by atoms with Crippen molar-refractivity contribution in [1.82, 2.24) is 9.97 Å². The number of halogens is 1. The Hall–Kier alpha value is -3.68. The van der Waals surface area contributed by atoms with Crippen LogP contribution in [0.15, 0.2) is 53.3 Å². The van der Waals surface area contributed by atoms with Gasteiger partial charge in [-0.15, -0.1) is 0 Å². The molecule has 2 aromatic carbocycles. The third-order valence-corrected chi connectivity index (χ3v) is 3.93. The van der Waals surface area contributed by atoms with Crippen molar-refractivity contribution in [2.75, 3.05) is 18.5 Å². The Bertz CT molecular complexity index is 1060. The predicted octanol–water partition coefficient (Wildman–Crippen LogP) is 2.60. The van der Waals surface area contributed by atoms with Gasteiger partial charge in [0.15, 0.2) is 11.5 Å². The lowest BCUT2D eigenvalue weighted by molar-refractivity contribution is 0.102. The van der Waals surface area contributed by atoms with Crippen LogP contribution >= 0.6 is 0 Å². The fourth-order valence-electron chi connectivity index (χ4n) is 2.67. The number of carbonyl (C=O) groups is 1. The number of nitrogens with one attached hydrogen (secondary N) is 2. The molecule has 1 aromatic heterocycles. The molecular weight excluding hydrogens is 353 g/mol. The van der Waals surface area contributed by atoms with Crippen molar-refractivity contribution in [3.05, 3.63) is 70.5 Å². The number of ether oxygens (including phenoxy) is 2. The maximum absolute atomic E-state index is 13.1. The van der Waals surface area contributed by atoms with Crippen LogP contribution in [0.3, 0.4) is 0 Å². The number of nitrogens with zero attached hydrogens (tertiary/aromatic N) is 1. The van der Waals surface area contributed by atoms with Gasteiger partial charge in [-0.05, 0) is 42.5 Å². The number of hydrogen-bond donors (Lipinski definition) is 2. The summed E-state index contributed by atoms with van der Waals surface area (Å²) in [4.78, 5) is 30.6. The van der Waals surface area contributed by atoms with Crippen LogP contribution in [0.2, 0.25) is 0 Å². The molecule has 0 atom stereocenters. The van der Waals surface area contributed by atoms with E-state index >= 15 is 0 Å². The highest BCUT2D eigenvalue weighted by Crippen LogP contribution is 2.32. The summed E-state index contributed by atoms with van der Waals surface area (Å²) in [5, 5.41) is 2.69. The zero-order valence-electron chi connectivity index (χ0n) is 14.0. The first-order valence-electron chi connectivity index (χ1n) is 8.17. The van der Waals surface area contributed by atoms with Crippen LogP contribution in [0.4, 0.5) is 10.1 Å². The smallest absolute Gasteiger partial charge is 0.346 e.